The minimum Gasteiger partial charge on any atom is -0.330 e. The van der Waals surface area contributed by atoms with Gasteiger partial charge >= 0.3 is 0 Å². The average Bonchev–Trinajstić information content (AvgIpc) is 2.82. The van der Waals surface area contributed by atoms with Gasteiger partial charge < -0.3 is 10.6 Å². The Bertz CT molecular complexity index is 299. The molecule has 0 spiro atoms. The third-order valence-corrected chi connectivity index (χ3v) is 3.37. The molecule has 1 aliphatic rings. The van der Waals surface area contributed by atoms with Crippen molar-refractivity contribution in [1.82, 2.24) is 4.90 Å². The van der Waals surface area contributed by atoms with Gasteiger partial charge in [0.1, 0.15) is 0 Å². The normalized spacial score (nSPS) is 16.8. The third kappa shape index (κ3) is 3.32. The summed E-state index contributed by atoms with van der Waals surface area (Å²) in [6.45, 7) is 4.56. The Kier molecular flexibility index (Phi) is 4.37. The highest BCUT2D eigenvalue weighted by Crippen LogP contribution is 2.10. The highest BCUT2D eigenvalue weighted by molar-refractivity contribution is 5.23. The van der Waals surface area contributed by atoms with Gasteiger partial charge in [-0.05, 0) is 56.4 Å². The fourth-order valence-electron chi connectivity index (χ4n) is 2.33. The van der Waals surface area contributed by atoms with E-state index in [1.807, 2.05) is 0 Å². The summed E-state index contributed by atoms with van der Waals surface area (Å²) in [5.41, 5.74) is 8.34. The molecule has 0 amide bonds. The van der Waals surface area contributed by atoms with Crippen molar-refractivity contribution in [2.24, 2.45) is 5.73 Å². The van der Waals surface area contributed by atoms with Crippen molar-refractivity contribution in [1.29, 1.82) is 0 Å². The summed E-state index contributed by atoms with van der Waals surface area (Å²) in [6, 6.07) is 8.93. The summed E-state index contributed by atoms with van der Waals surface area (Å²) in [6.07, 6.45) is 4.94. The quantitative estimate of drug-likeness (QED) is 0.817. The zero-order valence-corrected chi connectivity index (χ0v) is 9.99. The molecule has 2 nitrogen and oxygen atoms in total. The molecule has 0 radical (unpaired) electrons. The Morgan fingerprint density at radius 1 is 0.938 bits per heavy atom. The van der Waals surface area contributed by atoms with E-state index in [1.54, 1.807) is 0 Å². The molecule has 0 aliphatic carbocycles. The van der Waals surface area contributed by atoms with E-state index < -0.39 is 0 Å². The van der Waals surface area contributed by atoms with E-state index in [1.165, 1.54) is 50.0 Å². The molecular weight excluding hydrogens is 196 g/mol. The van der Waals surface area contributed by atoms with Crippen molar-refractivity contribution < 1.29 is 0 Å². The second-order valence-electron chi connectivity index (χ2n) is 4.65. The first kappa shape index (κ1) is 11.6. The van der Waals surface area contributed by atoms with E-state index in [9.17, 15) is 0 Å². The zero-order chi connectivity index (χ0) is 11.2. The van der Waals surface area contributed by atoms with Gasteiger partial charge in [0, 0.05) is 6.54 Å². The van der Waals surface area contributed by atoms with E-state index in [4.69, 9.17) is 5.73 Å². The SMILES string of the molecule is NCCc1ccc(CCN2CCCC2)cc1. The van der Waals surface area contributed by atoms with Crippen LogP contribution in [0.4, 0.5) is 0 Å². The van der Waals surface area contributed by atoms with Crippen LogP contribution < -0.4 is 5.73 Å². The number of likely N-dealkylation sites (tertiary alicyclic amines) is 1. The molecule has 88 valence electrons. The maximum atomic E-state index is 5.53. The largest absolute Gasteiger partial charge is 0.330 e. The first-order valence-corrected chi connectivity index (χ1v) is 6.39. The average molecular weight is 218 g/mol. The van der Waals surface area contributed by atoms with Gasteiger partial charge in [0.2, 0.25) is 0 Å². The van der Waals surface area contributed by atoms with Crippen LogP contribution >= 0.6 is 0 Å². The standard InChI is InChI=1S/C14H22N2/c15-9-7-13-3-5-14(6-4-13)8-12-16-10-1-2-11-16/h3-6H,1-2,7-12,15H2. The molecule has 1 heterocycles. The fraction of sp³-hybridized carbons (Fsp3) is 0.571. The lowest BCUT2D eigenvalue weighted by atomic mass is 10.1. The van der Waals surface area contributed by atoms with Gasteiger partial charge in [0.05, 0.1) is 0 Å². The molecule has 0 unspecified atom stereocenters. The number of nitrogens with zero attached hydrogens (tertiary/aromatic N) is 1. The van der Waals surface area contributed by atoms with Gasteiger partial charge in [-0.2, -0.15) is 0 Å². The molecule has 16 heavy (non-hydrogen) atoms. The van der Waals surface area contributed by atoms with Crippen LogP contribution in [0.1, 0.15) is 24.0 Å². The molecule has 0 bridgehead atoms. The van der Waals surface area contributed by atoms with E-state index >= 15 is 0 Å². The molecule has 1 fully saturated rings. The maximum absolute atomic E-state index is 5.53. The molecule has 2 N–H and O–H groups in total. The van der Waals surface area contributed by atoms with Gasteiger partial charge in [-0.15, -0.1) is 0 Å². The van der Waals surface area contributed by atoms with E-state index in [2.05, 4.69) is 29.2 Å². The van der Waals surface area contributed by atoms with Crippen LogP contribution in [0.15, 0.2) is 24.3 Å². The van der Waals surface area contributed by atoms with Gasteiger partial charge in [0.15, 0.2) is 0 Å². The van der Waals surface area contributed by atoms with Crippen molar-refractivity contribution in [2.45, 2.75) is 25.7 Å². The Morgan fingerprint density at radius 3 is 2.06 bits per heavy atom. The first-order valence-electron chi connectivity index (χ1n) is 6.39. The second-order valence-corrected chi connectivity index (χ2v) is 4.65. The van der Waals surface area contributed by atoms with Gasteiger partial charge in [0.25, 0.3) is 0 Å². The molecule has 2 heteroatoms. The van der Waals surface area contributed by atoms with Crippen molar-refractivity contribution in [3.63, 3.8) is 0 Å². The van der Waals surface area contributed by atoms with Gasteiger partial charge in [-0.25, -0.2) is 0 Å². The zero-order valence-electron chi connectivity index (χ0n) is 9.99. The van der Waals surface area contributed by atoms with Crippen molar-refractivity contribution in [3.8, 4) is 0 Å². The third-order valence-electron chi connectivity index (χ3n) is 3.37. The number of rotatable bonds is 5. The van der Waals surface area contributed by atoms with Gasteiger partial charge in [-0.1, -0.05) is 24.3 Å². The number of hydrogen-bond donors (Lipinski definition) is 1. The molecule has 0 atom stereocenters. The van der Waals surface area contributed by atoms with Crippen molar-refractivity contribution in [2.75, 3.05) is 26.2 Å². The van der Waals surface area contributed by atoms with Crippen LogP contribution in [-0.4, -0.2) is 31.1 Å². The summed E-state index contributed by atoms with van der Waals surface area (Å²) < 4.78 is 0. The number of nitrogens with two attached hydrogens (primary N) is 1. The highest BCUT2D eigenvalue weighted by Gasteiger charge is 2.10. The van der Waals surface area contributed by atoms with Crippen LogP contribution in [0.5, 0.6) is 0 Å². The highest BCUT2D eigenvalue weighted by atomic mass is 15.1. The van der Waals surface area contributed by atoms with Crippen molar-refractivity contribution in [3.05, 3.63) is 35.4 Å². The molecule has 0 saturated carbocycles. The fourth-order valence-corrected chi connectivity index (χ4v) is 2.33. The summed E-state index contributed by atoms with van der Waals surface area (Å²) >= 11 is 0. The topological polar surface area (TPSA) is 29.3 Å². The van der Waals surface area contributed by atoms with Gasteiger partial charge in [-0.3, -0.25) is 0 Å². The smallest absolute Gasteiger partial charge is 0.00218 e. The Morgan fingerprint density at radius 2 is 1.50 bits per heavy atom. The maximum Gasteiger partial charge on any atom is 0.00218 e. The Labute approximate surface area is 98.4 Å². The monoisotopic (exact) mass is 218 g/mol. The Balaban J connectivity index is 1.80. The van der Waals surface area contributed by atoms with E-state index in [0.717, 1.165) is 13.0 Å². The minimum atomic E-state index is 0.743. The van der Waals surface area contributed by atoms with Crippen molar-refractivity contribution >= 4 is 0 Å². The lowest BCUT2D eigenvalue weighted by Crippen LogP contribution is -2.21. The molecule has 1 aromatic carbocycles. The summed E-state index contributed by atoms with van der Waals surface area (Å²) in [5, 5.41) is 0. The predicted octanol–water partition coefficient (Wildman–Crippen LogP) is 1.83. The molecule has 0 aromatic heterocycles. The summed E-state index contributed by atoms with van der Waals surface area (Å²) in [7, 11) is 0. The van der Waals surface area contributed by atoms with E-state index in [-0.39, 0.29) is 0 Å². The summed E-state index contributed by atoms with van der Waals surface area (Å²) in [5.74, 6) is 0. The molecule has 1 saturated heterocycles. The van der Waals surface area contributed by atoms with E-state index in [0.29, 0.717) is 0 Å². The van der Waals surface area contributed by atoms with Crippen LogP contribution in [-0.2, 0) is 12.8 Å². The summed E-state index contributed by atoms with van der Waals surface area (Å²) in [4.78, 5) is 2.56. The van der Waals surface area contributed by atoms with Crippen LogP contribution in [0.25, 0.3) is 0 Å². The predicted molar refractivity (Wildman–Crippen MR) is 68.6 cm³/mol. The number of benzene rings is 1. The Hall–Kier alpha value is -0.860. The number of hydrogen-bond acceptors (Lipinski definition) is 2. The second kappa shape index (κ2) is 6.02. The van der Waals surface area contributed by atoms with Crippen LogP contribution in [0.3, 0.4) is 0 Å². The lowest BCUT2D eigenvalue weighted by Gasteiger charge is -2.14. The lowest BCUT2D eigenvalue weighted by molar-refractivity contribution is 0.343. The van der Waals surface area contributed by atoms with Crippen LogP contribution in [0, 0.1) is 0 Å². The molecule has 1 aromatic rings. The first-order chi connectivity index (χ1) is 7.88. The molecule has 2 rings (SSSR count). The molecule has 1 aliphatic heterocycles. The van der Waals surface area contributed by atoms with Crippen LogP contribution in [0.2, 0.25) is 0 Å². The minimum absolute atomic E-state index is 0.743. The molecular formula is C14H22N2.